The van der Waals surface area contributed by atoms with Gasteiger partial charge in [0.25, 0.3) is 0 Å². The first-order chi connectivity index (χ1) is 8.09. The lowest BCUT2D eigenvalue weighted by molar-refractivity contribution is 0.360. The third-order valence-corrected chi connectivity index (χ3v) is 3.83. The lowest BCUT2D eigenvalue weighted by Gasteiger charge is -2.26. The highest BCUT2D eigenvalue weighted by molar-refractivity contribution is 5.69. The van der Waals surface area contributed by atoms with Crippen molar-refractivity contribution in [1.29, 1.82) is 0 Å². The number of hydrogen-bond donors (Lipinski definition) is 2. The molecule has 0 aromatic carbocycles. The van der Waals surface area contributed by atoms with Crippen LogP contribution < -0.4 is 10.6 Å². The van der Waals surface area contributed by atoms with Gasteiger partial charge >= 0.3 is 0 Å². The molecule has 4 nitrogen and oxygen atoms in total. The summed E-state index contributed by atoms with van der Waals surface area (Å²) < 4.78 is 1.97. The fourth-order valence-corrected chi connectivity index (χ4v) is 2.29. The normalized spacial score (nSPS) is 23.5. The second-order valence-electron chi connectivity index (χ2n) is 5.42. The fourth-order valence-electron chi connectivity index (χ4n) is 2.29. The van der Waals surface area contributed by atoms with E-state index in [2.05, 4.69) is 36.5 Å². The molecule has 2 rings (SSSR count). The van der Waals surface area contributed by atoms with Gasteiger partial charge in [-0.05, 0) is 12.8 Å². The summed E-state index contributed by atoms with van der Waals surface area (Å²) >= 11 is 0. The highest BCUT2D eigenvalue weighted by Crippen LogP contribution is 2.33. The van der Waals surface area contributed by atoms with Crippen LogP contribution in [0, 0.1) is 5.41 Å². The summed E-state index contributed by atoms with van der Waals surface area (Å²) in [6, 6.07) is 0. The third kappa shape index (κ3) is 2.26. The Morgan fingerprint density at radius 1 is 1.29 bits per heavy atom. The number of rotatable bonds is 3. The van der Waals surface area contributed by atoms with Crippen LogP contribution in [-0.4, -0.2) is 22.9 Å². The van der Waals surface area contributed by atoms with Gasteiger partial charge in [0.15, 0.2) is 0 Å². The summed E-state index contributed by atoms with van der Waals surface area (Å²) in [5.74, 6) is 1.14. The molecule has 0 amide bonds. The van der Waals surface area contributed by atoms with Crippen molar-refractivity contribution < 1.29 is 0 Å². The Morgan fingerprint density at radius 3 is 2.65 bits per heavy atom. The molecule has 4 heteroatoms. The molecule has 1 aliphatic rings. The lowest BCUT2D eigenvalue weighted by atomic mass is 9.88. The van der Waals surface area contributed by atoms with E-state index in [1.807, 2.05) is 11.7 Å². The van der Waals surface area contributed by atoms with E-state index < -0.39 is 0 Å². The van der Waals surface area contributed by atoms with Crippen molar-refractivity contribution >= 4 is 11.5 Å². The van der Waals surface area contributed by atoms with Crippen molar-refractivity contribution in [3.05, 3.63) is 5.69 Å². The van der Waals surface area contributed by atoms with E-state index in [4.69, 9.17) is 0 Å². The molecule has 96 valence electrons. The Balaban J connectivity index is 2.28. The zero-order valence-corrected chi connectivity index (χ0v) is 11.4. The van der Waals surface area contributed by atoms with E-state index in [1.165, 1.54) is 17.8 Å². The minimum atomic E-state index is 0.322. The van der Waals surface area contributed by atoms with Crippen molar-refractivity contribution in [3.8, 4) is 0 Å². The van der Waals surface area contributed by atoms with E-state index in [1.54, 1.807) is 0 Å². The molecule has 0 bridgehead atoms. The number of hydrogen-bond acceptors (Lipinski definition) is 3. The van der Waals surface area contributed by atoms with Gasteiger partial charge in [0.05, 0.1) is 5.69 Å². The number of nitrogens with one attached hydrogen (secondary N) is 2. The Kier molecular flexibility index (Phi) is 3.31. The van der Waals surface area contributed by atoms with Crippen LogP contribution in [-0.2, 0) is 13.5 Å². The maximum Gasteiger partial charge on any atom is 0.148 e. The quantitative estimate of drug-likeness (QED) is 0.847. The van der Waals surface area contributed by atoms with Crippen LogP contribution in [0.1, 0.15) is 39.3 Å². The van der Waals surface area contributed by atoms with Crippen LogP contribution in [0.3, 0.4) is 0 Å². The van der Waals surface area contributed by atoms with Gasteiger partial charge in [-0.1, -0.05) is 27.2 Å². The molecule has 0 saturated carbocycles. The smallest absolute Gasteiger partial charge is 0.148 e. The summed E-state index contributed by atoms with van der Waals surface area (Å²) in [6.07, 6.45) is 3.36. The molecule has 2 N–H and O–H groups in total. The minimum absolute atomic E-state index is 0.322. The van der Waals surface area contributed by atoms with Gasteiger partial charge in [-0.15, -0.1) is 0 Å². The third-order valence-electron chi connectivity index (χ3n) is 3.83. The van der Waals surface area contributed by atoms with Crippen LogP contribution in [0.5, 0.6) is 0 Å². The van der Waals surface area contributed by atoms with Crippen LogP contribution in [0.2, 0.25) is 0 Å². The maximum atomic E-state index is 4.59. The van der Waals surface area contributed by atoms with Gasteiger partial charge in [0, 0.05) is 25.6 Å². The summed E-state index contributed by atoms with van der Waals surface area (Å²) in [5.41, 5.74) is 2.73. The SMILES string of the molecule is CCCc1nn(C)c2c1NCC(C)(CC)CN2. The average Bonchev–Trinajstić information content (AvgIpc) is 2.49. The van der Waals surface area contributed by atoms with Crippen LogP contribution in [0.4, 0.5) is 11.5 Å². The Labute approximate surface area is 104 Å². The molecular formula is C13H24N4. The van der Waals surface area contributed by atoms with E-state index in [0.29, 0.717) is 5.41 Å². The van der Waals surface area contributed by atoms with Gasteiger partial charge in [0.1, 0.15) is 11.5 Å². The molecule has 1 aromatic heterocycles. The highest BCUT2D eigenvalue weighted by atomic mass is 15.3. The van der Waals surface area contributed by atoms with E-state index in [-0.39, 0.29) is 0 Å². The topological polar surface area (TPSA) is 41.9 Å². The zero-order chi connectivity index (χ0) is 12.5. The van der Waals surface area contributed by atoms with Gasteiger partial charge in [0.2, 0.25) is 0 Å². The van der Waals surface area contributed by atoms with Crippen molar-refractivity contribution in [2.24, 2.45) is 12.5 Å². The van der Waals surface area contributed by atoms with E-state index >= 15 is 0 Å². The zero-order valence-electron chi connectivity index (χ0n) is 11.4. The molecule has 1 aliphatic heterocycles. The van der Waals surface area contributed by atoms with Crippen molar-refractivity contribution in [1.82, 2.24) is 9.78 Å². The predicted octanol–water partition coefficient (Wildman–Crippen LogP) is 2.63. The molecular weight excluding hydrogens is 212 g/mol. The first-order valence-corrected chi connectivity index (χ1v) is 6.63. The molecule has 0 spiro atoms. The number of fused-ring (bicyclic) bond motifs is 1. The highest BCUT2D eigenvalue weighted by Gasteiger charge is 2.28. The Morgan fingerprint density at radius 2 is 2.00 bits per heavy atom. The van der Waals surface area contributed by atoms with E-state index in [0.717, 1.165) is 31.7 Å². The number of nitrogens with zero attached hydrogens (tertiary/aromatic N) is 2. The molecule has 0 radical (unpaired) electrons. The molecule has 0 aliphatic carbocycles. The second-order valence-corrected chi connectivity index (χ2v) is 5.42. The maximum absolute atomic E-state index is 4.59. The summed E-state index contributed by atoms with van der Waals surface area (Å²) in [5, 5.41) is 11.7. The molecule has 0 saturated heterocycles. The Hall–Kier alpha value is -1.19. The van der Waals surface area contributed by atoms with Crippen LogP contribution >= 0.6 is 0 Å². The second kappa shape index (κ2) is 4.59. The molecule has 17 heavy (non-hydrogen) atoms. The summed E-state index contributed by atoms with van der Waals surface area (Å²) in [7, 11) is 2.02. The first kappa shape index (κ1) is 12.3. The van der Waals surface area contributed by atoms with Gasteiger partial charge < -0.3 is 10.6 Å². The predicted molar refractivity (Wildman–Crippen MR) is 72.6 cm³/mol. The van der Waals surface area contributed by atoms with Gasteiger partial charge in [-0.2, -0.15) is 5.10 Å². The number of anilines is 2. The molecule has 1 unspecified atom stereocenters. The van der Waals surface area contributed by atoms with Crippen molar-refractivity contribution in [3.63, 3.8) is 0 Å². The standard InChI is InChI=1S/C13H24N4/c1-5-7-10-11-12(17(4)16-10)15-9-13(3,6-2)8-14-11/h14-15H,5-9H2,1-4H3. The van der Waals surface area contributed by atoms with Crippen molar-refractivity contribution in [2.45, 2.75) is 40.0 Å². The van der Waals surface area contributed by atoms with Crippen LogP contribution in [0.15, 0.2) is 0 Å². The largest absolute Gasteiger partial charge is 0.380 e. The summed E-state index contributed by atoms with van der Waals surface area (Å²) in [6.45, 7) is 8.80. The molecule has 1 atom stereocenters. The Bertz CT molecular complexity index is 396. The molecule has 0 fully saturated rings. The van der Waals surface area contributed by atoms with Crippen molar-refractivity contribution in [2.75, 3.05) is 23.7 Å². The first-order valence-electron chi connectivity index (χ1n) is 6.63. The van der Waals surface area contributed by atoms with Gasteiger partial charge in [-0.25, -0.2) is 0 Å². The minimum Gasteiger partial charge on any atom is -0.380 e. The fraction of sp³-hybridized carbons (Fsp3) is 0.769. The summed E-state index contributed by atoms with van der Waals surface area (Å²) in [4.78, 5) is 0. The lowest BCUT2D eigenvalue weighted by Crippen LogP contribution is -2.31. The molecule has 2 heterocycles. The average molecular weight is 236 g/mol. The monoisotopic (exact) mass is 236 g/mol. The molecule has 1 aromatic rings. The number of aromatic nitrogens is 2. The van der Waals surface area contributed by atoms with Crippen LogP contribution in [0.25, 0.3) is 0 Å². The van der Waals surface area contributed by atoms with Gasteiger partial charge in [-0.3, -0.25) is 4.68 Å². The number of aryl methyl sites for hydroxylation is 2. The van der Waals surface area contributed by atoms with E-state index in [9.17, 15) is 0 Å².